The molecule has 0 aromatic carbocycles. The zero-order valence-electron chi connectivity index (χ0n) is 9.83. The first-order valence-corrected chi connectivity index (χ1v) is 5.70. The second-order valence-electron chi connectivity index (χ2n) is 4.95. The van der Waals surface area contributed by atoms with Gasteiger partial charge in [-0.05, 0) is 25.8 Å². The number of nitrogens with two attached hydrogens (primary N) is 2. The summed E-state index contributed by atoms with van der Waals surface area (Å²) in [5.41, 5.74) is 11.1. The maximum absolute atomic E-state index is 10.9. The largest absolute Gasteiger partial charge is 0.369 e. The van der Waals surface area contributed by atoms with Crippen molar-refractivity contribution in [3.05, 3.63) is 0 Å². The van der Waals surface area contributed by atoms with E-state index in [4.69, 9.17) is 11.5 Å². The van der Waals surface area contributed by atoms with Gasteiger partial charge in [-0.3, -0.25) is 9.69 Å². The Morgan fingerprint density at radius 2 is 2.27 bits per heavy atom. The summed E-state index contributed by atoms with van der Waals surface area (Å²) in [4.78, 5) is 13.0. The molecule has 0 bridgehead atoms. The van der Waals surface area contributed by atoms with Crippen LogP contribution in [0.2, 0.25) is 0 Å². The van der Waals surface area contributed by atoms with Crippen molar-refractivity contribution < 1.29 is 4.79 Å². The van der Waals surface area contributed by atoms with Crippen LogP contribution in [0.3, 0.4) is 0 Å². The highest BCUT2D eigenvalue weighted by atomic mass is 16.1. The summed E-state index contributed by atoms with van der Waals surface area (Å²) in [5, 5.41) is 0. The van der Waals surface area contributed by atoms with Crippen LogP contribution in [0, 0.1) is 5.92 Å². The smallest absolute Gasteiger partial charge is 0.231 e. The fraction of sp³-hybridized carbons (Fsp3) is 0.909. The van der Waals surface area contributed by atoms with E-state index in [0.717, 1.165) is 12.8 Å². The first-order valence-electron chi connectivity index (χ1n) is 5.70. The molecule has 4 N–H and O–H groups in total. The Balaban J connectivity index is 2.69. The lowest BCUT2D eigenvalue weighted by Crippen LogP contribution is -2.56. The predicted octanol–water partition coefficient (Wildman–Crippen LogP) is 0.311. The zero-order chi connectivity index (χ0) is 11.5. The van der Waals surface area contributed by atoms with Gasteiger partial charge in [0.1, 0.15) is 0 Å². The maximum Gasteiger partial charge on any atom is 0.231 e. The molecule has 2 atom stereocenters. The van der Waals surface area contributed by atoms with Gasteiger partial charge in [0.05, 0.1) is 6.54 Å². The van der Waals surface area contributed by atoms with Crippen molar-refractivity contribution in [2.24, 2.45) is 17.4 Å². The average Bonchev–Trinajstić information content (AvgIpc) is 2.16. The molecule has 2 unspecified atom stereocenters. The molecule has 0 radical (unpaired) electrons. The van der Waals surface area contributed by atoms with Gasteiger partial charge >= 0.3 is 0 Å². The molecular weight excluding hydrogens is 190 g/mol. The molecule has 4 heteroatoms. The first kappa shape index (κ1) is 12.5. The van der Waals surface area contributed by atoms with E-state index in [0.29, 0.717) is 19.0 Å². The predicted molar refractivity (Wildman–Crippen MR) is 61.2 cm³/mol. The van der Waals surface area contributed by atoms with Gasteiger partial charge in [0.15, 0.2) is 0 Å². The fourth-order valence-electron chi connectivity index (χ4n) is 2.72. The number of hydrogen-bond donors (Lipinski definition) is 2. The second-order valence-corrected chi connectivity index (χ2v) is 4.95. The molecule has 1 rings (SSSR count). The van der Waals surface area contributed by atoms with Crippen LogP contribution in [-0.4, -0.2) is 36.5 Å². The Hall–Kier alpha value is -0.610. The van der Waals surface area contributed by atoms with Gasteiger partial charge in [-0.1, -0.05) is 19.8 Å². The molecule has 0 saturated heterocycles. The molecule has 0 aliphatic heterocycles. The van der Waals surface area contributed by atoms with Crippen molar-refractivity contribution in [1.82, 2.24) is 4.90 Å². The fourth-order valence-corrected chi connectivity index (χ4v) is 2.72. The molecule has 88 valence electrons. The molecule has 0 aromatic heterocycles. The number of carbonyl (C=O) groups excluding carboxylic acids is 1. The number of primary amides is 1. The molecule has 1 aliphatic rings. The van der Waals surface area contributed by atoms with Crippen LogP contribution in [0.15, 0.2) is 0 Å². The normalized spacial score (nSPS) is 31.9. The lowest BCUT2D eigenvalue weighted by molar-refractivity contribution is -0.120. The quantitative estimate of drug-likeness (QED) is 0.706. The summed E-state index contributed by atoms with van der Waals surface area (Å²) in [7, 11) is 1.95. The molecular formula is C11H23N3O. The minimum Gasteiger partial charge on any atom is -0.369 e. The highest BCUT2D eigenvalue weighted by Gasteiger charge is 2.37. The van der Waals surface area contributed by atoms with E-state index in [-0.39, 0.29) is 11.4 Å². The second kappa shape index (κ2) is 4.94. The zero-order valence-corrected chi connectivity index (χ0v) is 9.83. The van der Waals surface area contributed by atoms with E-state index in [9.17, 15) is 4.79 Å². The Kier molecular flexibility index (Phi) is 4.11. The van der Waals surface area contributed by atoms with Gasteiger partial charge in [0, 0.05) is 12.1 Å². The van der Waals surface area contributed by atoms with Crippen molar-refractivity contribution in [2.45, 2.75) is 38.1 Å². The lowest BCUT2D eigenvalue weighted by Gasteiger charge is -2.45. The van der Waals surface area contributed by atoms with E-state index in [2.05, 4.69) is 6.92 Å². The molecule has 0 spiro atoms. The number of hydrogen-bond acceptors (Lipinski definition) is 3. The third-order valence-electron chi connectivity index (χ3n) is 3.65. The molecule has 0 aromatic rings. The number of likely N-dealkylation sites (N-methyl/N-ethyl adjacent to an activating group) is 1. The van der Waals surface area contributed by atoms with Crippen LogP contribution in [-0.2, 0) is 4.79 Å². The Bertz CT molecular complexity index is 232. The van der Waals surface area contributed by atoms with Crippen molar-refractivity contribution in [3.63, 3.8) is 0 Å². The van der Waals surface area contributed by atoms with Gasteiger partial charge in [-0.25, -0.2) is 0 Å². The Morgan fingerprint density at radius 1 is 1.60 bits per heavy atom. The molecule has 1 fully saturated rings. The topological polar surface area (TPSA) is 72.3 Å². The van der Waals surface area contributed by atoms with Crippen molar-refractivity contribution in [1.29, 1.82) is 0 Å². The minimum atomic E-state index is -0.274. The average molecular weight is 213 g/mol. The molecule has 1 saturated carbocycles. The highest BCUT2D eigenvalue weighted by Crippen LogP contribution is 2.35. The van der Waals surface area contributed by atoms with Crippen LogP contribution in [0.1, 0.15) is 32.6 Å². The number of rotatable bonds is 4. The van der Waals surface area contributed by atoms with E-state index in [1.807, 2.05) is 11.9 Å². The van der Waals surface area contributed by atoms with Crippen molar-refractivity contribution in [3.8, 4) is 0 Å². The molecule has 1 aliphatic carbocycles. The first-order chi connectivity index (χ1) is 7.00. The van der Waals surface area contributed by atoms with E-state index in [1.54, 1.807) is 0 Å². The SMILES string of the molecule is CC1CCCC(CN)(N(C)CC(N)=O)C1. The summed E-state index contributed by atoms with van der Waals surface area (Å²) in [6, 6.07) is 0. The summed E-state index contributed by atoms with van der Waals surface area (Å²) in [5.74, 6) is 0.418. The van der Waals surface area contributed by atoms with Gasteiger partial charge in [-0.2, -0.15) is 0 Å². The van der Waals surface area contributed by atoms with Crippen molar-refractivity contribution >= 4 is 5.91 Å². The van der Waals surface area contributed by atoms with Crippen LogP contribution < -0.4 is 11.5 Å². The Morgan fingerprint density at radius 3 is 2.73 bits per heavy atom. The van der Waals surface area contributed by atoms with Crippen LogP contribution in [0.25, 0.3) is 0 Å². The lowest BCUT2D eigenvalue weighted by atomic mass is 9.75. The molecule has 4 nitrogen and oxygen atoms in total. The molecule has 15 heavy (non-hydrogen) atoms. The highest BCUT2D eigenvalue weighted by molar-refractivity contribution is 5.76. The standard InChI is InChI=1S/C11H23N3O/c1-9-4-3-5-11(6-9,8-12)14(2)7-10(13)15/h9H,3-8,12H2,1-2H3,(H2,13,15). The summed E-state index contributed by atoms with van der Waals surface area (Å²) >= 11 is 0. The van der Waals surface area contributed by atoms with E-state index < -0.39 is 0 Å². The molecule has 0 heterocycles. The van der Waals surface area contributed by atoms with Gasteiger partial charge in [-0.15, -0.1) is 0 Å². The molecule has 1 amide bonds. The monoisotopic (exact) mass is 213 g/mol. The van der Waals surface area contributed by atoms with Gasteiger partial charge in [0.25, 0.3) is 0 Å². The van der Waals surface area contributed by atoms with E-state index in [1.165, 1.54) is 12.8 Å². The maximum atomic E-state index is 10.9. The van der Waals surface area contributed by atoms with Crippen LogP contribution in [0.4, 0.5) is 0 Å². The third kappa shape index (κ3) is 2.92. The van der Waals surface area contributed by atoms with Crippen LogP contribution in [0.5, 0.6) is 0 Å². The summed E-state index contributed by atoms with van der Waals surface area (Å²) in [6.07, 6.45) is 4.62. The number of amides is 1. The number of carbonyl (C=O) groups is 1. The minimum absolute atomic E-state index is 0.00725. The van der Waals surface area contributed by atoms with Gasteiger partial charge in [0.2, 0.25) is 5.91 Å². The van der Waals surface area contributed by atoms with Crippen LogP contribution >= 0.6 is 0 Å². The third-order valence-corrected chi connectivity index (χ3v) is 3.65. The van der Waals surface area contributed by atoms with E-state index >= 15 is 0 Å². The summed E-state index contributed by atoms with van der Waals surface area (Å²) in [6.45, 7) is 3.17. The Labute approximate surface area is 92.0 Å². The number of nitrogens with zero attached hydrogens (tertiary/aromatic N) is 1. The summed E-state index contributed by atoms with van der Waals surface area (Å²) < 4.78 is 0. The van der Waals surface area contributed by atoms with Crippen molar-refractivity contribution in [2.75, 3.05) is 20.1 Å². The van der Waals surface area contributed by atoms with Gasteiger partial charge < -0.3 is 11.5 Å².